The van der Waals surface area contributed by atoms with Gasteiger partial charge in [0.05, 0.1) is 7.11 Å². The van der Waals surface area contributed by atoms with E-state index in [0.29, 0.717) is 11.1 Å². The summed E-state index contributed by atoms with van der Waals surface area (Å²) in [7, 11) is 1.41. The second-order valence-electron chi connectivity index (χ2n) is 4.91. The summed E-state index contributed by atoms with van der Waals surface area (Å²) in [6.45, 7) is 3.88. The van der Waals surface area contributed by atoms with Crippen molar-refractivity contribution < 1.29 is 13.9 Å². The van der Waals surface area contributed by atoms with Crippen LogP contribution in [-0.2, 0) is 6.42 Å². The maximum Gasteiger partial charge on any atom is 0.168 e. The second-order valence-corrected chi connectivity index (χ2v) is 4.91. The van der Waals surface area contributed by atoms with Crippen LogP contribution in [0.2, 0.25) is 0 Å². The molecule has 0 atom stereocenters. The van der Waals surface area contributed by atoms with Gasteiger partial charge in [-0.05, 0) is 37.6 Å². The Morgan fingerprint density at radius 1 is 1.15 bits per heavy atom. The number of carbonyl (C=O) groups is 1. The largest absolute Gasteiger partial charge is 0.494 e. The van der Waals surface area contributed by atoms with E-state index in [9.17, 15) is 9.18 Å². The van der Waals surface area contributed by atoms with Crippen LogP contribution in [-0.4, -0.2) is 12.9 Å². The number of rotatable bonds is 4. The quantitative estimate of drug-likeness (QED) is 0.790. The molecule has 0 heterocycles. The summed E-state index contributed by atoms with van der Waals surface area (Å²) in [5.74, 6) is -0.396. The van der Waals surface area contributed by atoms with E-state index in [1.165, 1.54) is 7.11 Å². The molecule has 0 aliphatic rings. The van der Waals surface area contributed by atoms with Crippen molar-refractivity contribution >= 4 is 5.78 Å². The van der Waals surface area contributed by atoms with Gasteiger partial charge in [-0.3, -0.25) is 4.79 Å². The molecule has 20 heavy (non-hydrogen) atoms. The Hall–Kier alpha value is -2.16. The molecule has 104 valence electrons. The van der Waals surface area contributed by atoms with Gasteiger partial charge in [0, 0.05) is 12.0 Å². The van der Waals surface area contributed by atoms with Crippen LogP contribution < -0.4 is 4.74 Å². The average Bonchev–Trinajstić information content (AvgIpc) is 2.40. The molecule has 2 nitrogen and oxygen atoms in total. The third-order valence-corrected chi connectivity index (χ3v) is 3.16. The molecular weight excluding hydrogens is 255 g/mol. The van der Waals surface area contributed by atoms with Crippen molar-refractivity contribution in [2.75, 3.05) is 7.11 Å². The van der Waals surface area contributed by atoms with Gasteiger partial charge >= 0.3 is 0 Å². The Morgan fingerprint density at radius 2 is 1.80 bits per heavy atom. The zero-order valence-electron chi connectivity index (χ0n) is 11.9. The van der Waals surface area contributed by atoms with Crippen molar-refractivity contribution in [2.45, 2.75) is 20.3 Å². The van der Waals surface area contributed by atoms with Gasteiger partial charge in [0.1, 0.15) is 0 Å². The number of Topliss-reactive ketones (excluding diaryl/α,β-unsaturated/α-hetero) is 1. The number of hydrogen-bond acceptors (Lipinski definition) is 2. The molecule has 0 amide bonds. The first-order valence-corrected chi connectivity index (χ1v) is 6.44. The Kier molecular flexibility index (Phi) is 4.18. The van der Waals surface area contributed by atoms with Gasteiger partial charge in [0.25, 0.3) is 0 Å². The summed E-state index contributed by atoms with van der Waals surface area (Å²) in [6, 6.07) is 10.5. The van der Waals surface area contributed by atoms with E-state index in [1.54, 1.807) is 18.2 Å². The Balaban J connectivity index is 2.28. The van der Waals surface area contributed by atoms with Gasteiger partial charge in [-0.15, -0.1) is 0 Å². The summed E-state index contributed by atoms with van der Waals surface area (Å²) < 4.78 is 19.0. The summed E-state index contributed by atoms with van der Waals surface area (Å²) in [4.78, 5) is 12.3. The Labute approximate surface area is 118 Å². The molecule has 3 heteroatoms. The fourth-order valence-corrected chi connectivity index (χ4v) is 2.26. The highest BCUT2D eigenvalue weighted by atomic mass is 19.1. The van der Waals surface area contributed by atoms with Crippen molar-refractivity contribution in [2.24, 2.45) is 0 Å². The Bertz CT molecular complexity index is 627. The number of methoxy groups -OCH3 is 1. The van der Waals surface area contributed by atoms with E-state index in [1.807, 2.05) is 32.0 Å². The van der Waals surface area contributed by atoms with Gasteiger partial charge in [0.15, 0.2) is 17.3 Å². The van der Waals surface area contributed by atoms with Crippen LogP contribution >= 0.6 is 0 Å². The topological polar surface area (TPSA) is 26.3 Å². The summed E-state index contributed by atoms with van der Waals surface area (Å²) in [5.41, 5.74) is 3.03. The van der Waals surface area contributed by atoms with E-state index in [2.05, 4.69) is 0 Å². The van der Waals surface area contributed by atoms with Crippen molar-refractivity contribution in [1.82, 2.24) is 0 Å². The third kappa shape index (κ3) is 3.05. The lowest BCUT2D eigenvalue weighted by molar-refractivity contribution is 0.0991. The van der Waals surface area contributed by atoms with E-state index < -0.39 is 5.82 Å². The fraction of sp³-hybridized carbons (Fsp3) is 0.235. The van der Waals surface area contributed by atoms with Crippen molar-refractivity contribution in [3.8, 4) is 5.75 Å². The second kappa shape index (κ2) is 5.87. The molecule has 2 aromatic carbocycles. The minimum Gasteiger partial charge on any atom is -0.494 e. The zero-order chi connectivity index (χ0) is 14.7. The molecular formula is C17H17FO2. The van der Waals surface area contributed by atoms with Gasteiger partial charge in [-0.2, -0.15) is 0 Å². The summed E-state index contributed by atoms with van der Waals surface area (Å²) in [6.07, 6.45) is 0.0337. The highest BCUT2D eigenvalue weighted by Crippen LogP contribution is 2.21. The van der Waals surface area contributed by atoms with Gasteiger partial charge in [-0.1, -0.05) is 29.3 Å². The molecule has 0 N–H and O–H groups in total. The molecule has 0 aliphatic heterocycles. The number of halogens is 1. The molecule has 2 aromatic rings. The van der Waals surface area contributed by atoms with Gasteiger partial charge in [0.2, 0.25) is 0 Å². The highest BCUT2D eigenvalue weighted by molar-refractivity contribution is 5.97. The maximum atomic E-state index is 14.0. The Morgan fingerprint density at radius 3 is 2.40 bits per heavy atom. The van der Waals surface area contributed by atoms with E-state index in [4.69, 9.17) is 4.74 Å². The molecule has 0 unspecified atom stereocenters. The fourth-order valence-electron chi connectivity index (χ4n) is 2.26. The minimum atomic E-state index is -0.465. The van der Waals surface area contributed by atoms with Crippen molar-refractivity contribution in [1.29, 1.82) is 0 Å². The number of carbonyl (C=O) groups excluding carboxylic acids is 1. The van der Waals surface area contributed by atoms with E-state index >= 15 is 0 Å². The lowest BCUT2D eigenvalue weighted by atomic mass is 9.99. The third-order valence-electron chi connectivity index (χ3n) is 3.16. The molecule has 0 aliphatic carbocycles. The molecule has 0 aromatic heterocycles. The molecule has 0 saturated carbocycles. The zero-order valence-corrected chi connectivity index (χ0v) is 11.9. The summed E-state index contributed by atoms with van der Waals surface area (Å²) >= 11 is 0. The predicted octanol–water partition coefficient (Wildman–Crippen LogP) is 3.88. The van der Waals surface area contributed by atoms with Crippen LogP contribution in [0.3, 0.4) is 0 Å². The molecule has 0 fully saturated rings. The minimum absolute atomic E-state index is 0.0337. The first-order chi connectivity index (χ1) is 9.51. The van der Waals surface area contributed by atoms with Crippen LogP contribution in [0.1, 0.15) is 27.0 Å². The van der Waals surface area contributed by atoms with E-state index in [-0.39, 0.29) is 18.0 Å². The maximum absolute atomic E-state index is 14.0. The van der Waals surface area contributed by atoms with Crippen LogP contribution in [0.25, 0.3) is 0 Å². The molecule has 0 saturated heterocycles. The number of aryl methyl sites for hydroxylation is 2. The molecule has 2 rings (SSSR count). The number of benzene rings is 2. The smallest absolute Gasteiger partial charge is 0.168 e. The molecule has 0 radical (unpaired) electrons. The molecule has 0 spiro atoms. The summed E-state index contributed by atoms with van der Waals surface area (Å²) in [5, 5.41) is 0. The van der Waals surface area contributed by atoms with Gasteiger partial charge < -0.3 is 4.74 Å². The first kappa shape index (κ1) is 14.3. The lowest BCUT2D eigenvalue weighted by Crippen LogP contribution is -2.06. The van der Waals surface area contributed by atoms with Crippen LogP contribution in [0.4, 0.5) is 4.39 Å². The van der Waals surface area contributed by atoms with E-state index in [0.717, 1.165) is 11.1 Å². The van der Waals surface area contributed by atoms with Crippen LogP contribution in [0.5, 0.6) is 5.75 Å². The molecule has 0 bridgehead atoms. The SMILES string of the molecule is COc1cccc(CC(=O)c2cc(C)cc(C)c2)c1F. The number of ether oxygens (including phenoxy) is 1. The number of ketones is 1. The highest BCUT2D eigenvalue weighted by Gasteiger charge is 2.14. The first-order valence-electron chi connectivity index (χ1n) is 6.44. The monoisotopic (exact) mass is 272 g/mol. The standard InChI is InChI=1S/C17H17FO2/c1-11-7-12(2)9-14(8-11)15(19)10-13-5-4-6-16(20-3)17(13)18/h4-9H,10H2,1-3H3. The van der Waals surface area contributed by atoms with Crippen LogP contribution in [0.15, 0.2) is 36.4 Å². The normalized spacial score (nSPS) is 10.4. The predicted molar refractivity (Wildman–Crippen MR) is 76.9 cm³/mol. The lowest BCUT2D eigenvalue weighted by Gasteiger charge is -2.08. The van der Waals surface area contributed by atoms with Crippen molar-refractivity contribution in [3.63, 3.8) is 0 Å². The van der Waals surface area contributed by atoms with Gasteiger partial charge in [-0.25, -0.2) is 4.39 Å². The number of hydrogen-bond donors (Lipinski definition) is 0. The average molecular weight is 272 g/mol. The van der Waals surface area contributed by atoms with Crippen LogP contribution in [0, 0.1) is 19.7 Å². The van der Waals surface area contributed by atoms with Crippen molar-refractivity contribution in [3.05, 3.63) is 64.5 Å².